The molecule has 0 spiro atoms. The van der Waals surface area contributed by atoms with Crippen LogP contribution >= 0.6 is 8.10 Å². The van der Waals surface area contributed by atoms with Gasteiger partial charge in [0.15, 0.2) is 0 Å². The first-order valence-electron chi connectivity index (χ1n) is 4.82. The molecule has 84 valence electrons. The molecule has 14 heavy (non-hydrogen) atoms. The lowest BCUT2D eigenvalue weighted by Gasteiger charge is -2.10. The van der Waals surface area contributed by atoms with E-state index in [2.05, 4.69) is 10.6 Å². The van der Waals surface area contributed by atoms with Gasteiger partial charge in [-0.15, -0.1) is 0 Å². The molecular formula is C8H22N4OP+. The van der Waals surface area contributed by atoms with Crippen molar-refractivity contribution in [2.45, 2.75) is 0 Å². The van der Waals surface area contributed by atoms with Gasteiger partial charge in [-0.3, -0.25) is 0 Å². The van der Waals surface area contributed by atoms with Crippen LogP contribution in [0.4, 0.5) is 0 Å². The fourth-order valence-electron chi connectivity index (χ4n) is 0.979. The van der Waals surface area contributed by atoms with Crippen molar-refractivity contribution in [1.29, 1.82) is 0 Å². The van der Waals surface area contributed by atoms with E-state index < -0.39 is 8.10 Å². The summed E-state index contributed by atoms with van der Waals surface area (Å²) in [6.07, 6.45) is 0. The predicted octanol–water partition coefficient (Wildman–Crippen LogP) is -0.0538. The Morgan fingerprint density at radius 1 is 1.00 bits per heavy atom. The van der Waals surface area contributed by atoms with Crippen molar-refractivity contribution in [3.05, 3.63) is 0 Å². The highest BCUT2D eigenvalue weighted by Crippen LogP contribution is 2.27. The SMILES string of the molecule is CNCCN(C)[P+](=O)N(C)CCNC. The zero-order valence-electron chi connectivity index (χ0n) is 9.58. The van der Waals surface area contributed by atoms with Crippen molar-refractivity contribution in [1.82, 2.24) is 20.0 Å². The Morgan fingerprint density at radius 3 is 1.64 bits per heavy atom. The van der Waals surface area contributed by atoms with Crippen molar-refractivity contribution in [3.63, 3.8) is 0 Å². The zero-order valence-corrected chi connectivity index (χ0v) is 10.5. The number of nitrogens with zero attached hydrogens (tertiary/aromatic N) is 2. The van der Waals surface area contributed by atoms with Gasteiger partial charge in [0.2, 0.25) is 0 Å². The highest BCUT2D eigenvalue weighted by atomic mass is 31.1. The quantitative estimate of drug-likeness (QED) is 0.563. The van der Waals surface area contributed by atoms with Gasteiger partial charge in [-0.1, -0.05) is 9.34 Å². The monoisotopic (exact) mass is 221 g/mol. The Kier molecular flexibility index (Phi) is 8.23. The molecule has 6 heteroatoms. The fraction of sp³-hybridized carbons (Fsp3) is 1.00. The van der Waals surface area contributed by atoms with E-state index >= 15 is 0 Å². The molecule has 0 atom stereocenters. The van der Waals surface area contributed by atoms with Crippen LogP contribution in [0.1, 0.15) is 0 Å². The molecule has 0 fully saturated rings. The third kappa shape index (κ3) is 5.62. The Labute approximate surface area is 87.7 Å². The molecule has 0 aliphatic rings. The second-order valence-corrected chi connectivity index (χ2v) is 5.09. The molecule has 0 aromatic rings. The van der Waals surface area contributed by atoms with E-state index in [-0.39, 0.29) is 0 Å². The van der Waals surface area contributed by atoms with Gasteiger partial charge in [-0.05, 0) is 18.7 Å². The summed E-state index contributed by atoms with van der Waals surface area (Å²) in [6, 6.07) is 0. The van der Waals surface area contributed by atoms with Crippen LogP contribution in [-0.2, 0) is 4.57 Å². The van der Waals surface area contributed by atoms with E-state index in [4.69, 9.17) is 0 Å². The smallest absolute Gasteiger partial charge is 0.318 e. The van der Waals surface area contributed by atoms with E-state index in [0.717, 1.165) is 26.2 Å². The van der Waals surface area contributed by atoms with Gasteiger partial charge < -0.3 is 10.6 Å². The molecule has 5 nitrogen and oxygen atoms in total. The average Bonchev–Trinajstić information content (AvgIpc) is 2.21. The second kappa shape index (κ2) is 8.26. The van der Waals surface area contributed by atoms with Crippen LogP contribution in [0.15, 0.2) is 0 Å². The molecule has 0 amide bonds. The fourth-order valence-corrected chi connectivity index (χ4v) is 2.04. The first-order valence-corrected chi connectivity index (χ1v) is 5.98. The van der Waals surface area contributed by atoms with Crippen LogP contribution in [0.5, 0.6) is 0 Å². The number of rotatable bonds is 8. The minimum atomic E-state index is -1.39. The first-order chi connectivity index (χ1) is 6.63. The van der Waals surface area contributed by atoms with Crippen LogP contribution < -0.4 is 10.6 Å². The number of likely N-dealkylation sites (N-methyl/N-ethyl adjacent to an activating group) is 4. The van der Waals surface area contributed by atoms with Gasteiger partial charge in [-0.25, -0.2) is 0 Å². The van der Waals surface area contributed by atoms with Crippen molar-refractivity contribution in [2.24, 2.45) is 0 Å². The molecule has 0 heterocycles. The number of nitrogens with one attached hydrogen (secondary N) is 2. The molecule has 0 radical (unpaired) electrons. The summed E-state index contributed by atoms with van der Waals surface area (Å²) in [7, 11) is 6.16. The molecular weight excluding hydrogens is 199 g/mol. The molecule has 2 N–H and O–H groups in total. The maximum absolute atomic E-state index is 11.8. The zero-order chi connectivity index (χ0) is 11.0. The Hall–Kier alpha value is -0.0600. The summed E-state index contributed by atoms with van der Waals surface area (Å²) in [6.45, 7) is 3.32. The van der Waals surface area contributed by atoms with Crippen molar-refractivity contribution in [3.8, 4) is 0 Å². The maximum Gasteiger partial charge on any atom is 0.537 e. The minimum Gasteiger partial charge on any atom is -0.318 e. The van der Waals surface area contributed by atoms with Crippen LogP contribution in [0, 0.1) is 0 Å². The standard InChI is InChI=1S/C8H22N4OP/c1-9-5-7-11(3)14(13)12(4)8-6-10-2/h9-10H,5-8H2,1-4H3/q+1. The molecule has 0 aliphatic heterocycles. The van der Waals surface area contributed by atoms with Gasteiger partial charge in [-0.2, -0.15) is 0 Å². The molecule has 0 bridgehead atoms. The van der Waals surface area contributed by atoms with Crippen LogP contribution in [0.3, 0.4) is 0 Å². The second-order valence-electron chi connectivity index (χ2n) is 3.22. The lowest BCUT2D eigenvalue weighted by atomic mass is 10.6. The third-order valence-electron chi connectivity index (χ3n) is 1.95. The topological polar surface area (TPSA) is 47.6 Å². The van der Waals surface area contributed by atoms with E-state index in [1.54, 1.807) is 0 Å². The van der Waals surface area contributed by atoms with E-state index in [0.29, 0.717) is 0 Å². The highest BCUT2D eigenvalue weighted by Gasteiger charge is 2.28. The summed E-state index contributed by atoms with van der Waals surface area (Å²) < 4.78 is 15.5. The molecule has 0 rings (SSSR count). The van der Waals surface area contributed by atoms with Crippen LogP contribution in [-0.4, -0.2) is 63.7 Å². The van der Waals surface area contributed by atoms with Crippen LogP contribution in [0.2, 0.25) is 0 Å². The van der Waals surface area contributed by atoms with E-state index in [9.17, 15) is 4.57 Å². The van der Waals surface area contributed by atoms with Gasteiger partial charge in [0.05, 0.1) is 13.1 Å². The maximum atomic E-state index is 11.8. The first kappa shape index (κ1) is 13.9. The van der Waals surface area contributed by atoms with Crippen LogP contribution in [0.25, 0.3) is 0 Å². The molecule has 0 aliphatic carbocycles. The minimum absolute atomic E-state index is 0.801. The molecule has 0 aromatic carbocycles. The predicted molar refractivity (Wildman–Crippen MR) is 60.7 cm³/mol. The molecule has 0 saturated heterocycles. The number of hydrogen-bond acceptors (Lipinski definition) is 3. The summed E-state index contributed by atoms with van der Waals surface area (Å²) in [5, 5.41) is 6.07. The van der Waals surface area contributed by atoms with Gasteiger partial charge >= 0.3 is 8.10 Å². The highest BCUT2D eigenvalue weighted by molar-refractivity contribution is 7.39. The van der Waals surface area contributed by atoms with Gasteiger partial charge in [0.1, 0.15) is 0 Å². The Balaban J connectivity index is 3.78. The summed E-state index contributed by atoms with van der Waals surface area (Å²) >= 11 is 0. The summed E-state index contributed by atoms with van der Waals surface area (Å²) in [5.74, 6) is 0. The van der Waals surface area contributed by atoms with Crippen molar-refractivity contribution < 1.29 is 4.57 Å². The summed E-state index contributed by atoms with van der Waals surface area (Å²) in [5.41, 5.74) is 0. The normalized spacial score (nSPS) is 11.3. The Bertz CT molecular complexity index is 151. The summed E-state index contributed by atoms with van der Waals surface area (Å²) in [4.78, 5) is 0. The third-order valence-corrected chi connectivity index (χ3v) is 3.52. The number of hydrogen-bond donors (Lipinski definition) is 2. The van der Waals surface area contributed by atoms with Crippen molar-refractivity contribution >= 4 is 8.10 Å². The van der Waals surface area contributed by atoms with E-state index in [1.807, 2.05) is 37.5 Å². The van der Waals surface area contributed by atoms with E-state index in [1.165, 1.54) is 0 Å². The molecule has 0 aromatic heterocycles. The van der Waals surface area contributed by atoms with Gasteiger partial charge in [0, 0.05) is 27.2 Å². The molecule has 0 unspecified atom stereocenters. The van der Waals surface area contributed by atoms with Crippen molar-refractivity contribution in [2.75, 3.05) is 54.4 Å². The largest absolute Gasteiger partial charge is 0.537 e. The van der Waals surface area contributed by atoms with Gasteiger partial charge in [0.25, 0.3) is 0 Å². The lowest BCUT2D eigenvalue weighted by molar-refractivity contribution is 0.408. The average molecular weight is 221 g/mol. The molecule has 0 saturated carbocycles. The lowest BCUT2D eigenvalue weighted by Crippen LogP contribution is -2.29. The Morgan fingerprint density at radius 2 is 1.36 bits per heavy atom.